The maximum atomic E-state index is 12.5. The minimum Gasteiger partial charge on any atom is -0.459 e. The Labute approximate surface area is 150 Å². The summed E-state index contributed by atoms with van der Waals surface area (Å²) in [5.74, 6) is 0.977. The number of rotatable bonds is 3. The summed E-state index contributed by atoms with van der Waals surface area (Å²) in [7, 11) is 0. The van der Waals surface area contributed by atoms with Gasteiger partial charge >= 0.3 is 5.97 Å². The predicted molar refractivity (Wildman–Crippen MR) is 103 cm³/mol. The molecule has 2 unspecified atom stereocenters. The fraction of sp³-hybridized carbons (Fsp3) is 0.864. The molecule has 1 fully saturated rings. The highest BCUT2D eigenvalue weighted by Gasteiger charge is 2.40. The summed E-state index contributed by atoms with van der Waals surface area (Å²) in [6.45, 7) is 24.2. The van der Waals surface area contributed by atoms with Crippen molar-refractivity contribution in [2.45, 2.75) is 94.1 Å². The average Bonchev–Trinajstić information content (AvgIpc) is 2.34. The molecule has 0 radical (unpaired) electrons. The molecular weight excluding hydrogens is 296 g/mol. The molecule has 0 aromatic heterocycles. The molecule has 0 bridgehead atoms. The van der Waals surface area contributed by atoms with E-state index >= 15 is 0 Å². The minimum absolute atomic E-state index is 0.0245. The topological polar surface area (TPSA) is 26.3 Å². The second-order valence-electron chi connectivity index (χ2n) is 11.2. The normalized spacial score (nSPS) is 26.1. The Morgan fingerprint density at radius 1 is 0.875 bits per heavy atom. The molecule has 1 aliphatic carbocycles. The van der Waals surface area contributed by atoms with E-state index in [2.05, 4.69) is 68.9 Å². The standard InChI is InChI=1S/C22H40O2/c1-15(14-20(2,3)4)19(23)24-18-12-16(21(5,6)7)11-17(13-18)22(8,9)10/h16-18H,1,11-14H2,2-10H3. The third-order valence-corrected chi connectivity index (χ3v) is 5.42. The Bertz CT molecular complexity index is 432. The zero-order valence-corrected chi connectivity index (χ0v) is 17.6. The maximum absolute atomic E-state index is 12.5. The lowest BCUT2D eigenvalue weighted by atomic mass is 9.62. The van der Waals surface area contributed by atoms with Crippen LogP contribution in [0.5, 0.6) is 0 Å². The quantitative estimate of drug-likeness (QED) is 0.440. The van der Waals surface area contributed by atoms with Gasteiger partial charge in [-0.1, -0.05) is 68.9 Å². The molecule has 1 rings (SSSR count). The van der Waals surface area contributed by atoms with Crippen molar-refractivity contribution in [2.75, 3.05) is 0 Å². The zero-order valence-electron chi connectivity index (χ0n) is 17.6. The van der Waals surface area contributed by atoms with E-state index in [1.807, 2.05) is 0 Å². The van der Waals surface area contributed by atoms with Crippen LogP contribution in [0.15, 0.2) is 12.2 Å². The van der Waals surface area contributed by atoms with Crippen molar-refractivity contribution in [3.63, 3.8) is 0 Å². The van der Waals surface area contributed by atoms with Crippen LogP contribution < -0.4 is 0 Å². The SMILES string of the molecule is C=C(CC(C)(C)C)C(=O)OC1CC(C(C)(C)C)CC(C(C)(C)C)C1. The van der Waals surface area contributed by atoms with E-state index in [0.717, 1.165) is 12.8 Å². The molecule has 0 aliphatic heterocycles. The summed E-state index contributed by atoms with van der Waals surface area (Å²) in [5.41, 5.74) is 1.16. The molecule has 2 heteroatoms. The molecule has 2 atom stereocenters. The average molecular weight is 337 g/mol. The number of carbonyl (C=O) groups is 1. The highest BCUT2D eigenvalue weighted by molar-refractivity contribution is 5.87. The van der Waals surface area contributed by atoms with Crippen LogP contribution in [0.1, 0.15) is 88.0 Å². The fourth-order valence-electron chi connectivity index (χ4n) is 3.72. The second-order valence-corrected chi connectivity index (χ2v) is 11.2. The van der Waals surface area contributed by atoms with Gasteiger partial charge in [-0.05, 0) is 53.8 Å². The molecule has 1 saturated carbocycles. The fourth-order valence-corrected chi connectivity index (χ4v) is 3.72. The number of hydrogen-bond donors (Lipinski definition) is 0. The molecular formula is C22H40O2. The van der Waals surface area contributed by atoms with E-state index in [1.165, 1.54) is 6.42 Å². The Balaban J connectivity index is 2.82. The van der Waals surface area contributed by atoms with Crippen LogP contribution in [-0.4, -0.2) is 12.1 Å². The second kappa shape index (κ2) is 7.22. The molecule has 140 valence electrons. The number of ether oxygens (including phenoxy) is 1. The smallest absolute Gasteiger partial charge is 0.333 e. The van der Waals surface area contributed by atoms with Gasteiger partial charge in [-0.15, -0.1) is 0 Å². The van der Waals surface area contributed by atoms with Crippen LogP contribution >= 0.6 is 0 Å². The first-order valence-electron chi connectivity index (χ1n) is 9.48. The summed E-state index contributed by atoms with van der Waals surface area (Å²) in [6.07, 6.45) is 3.89. The van der Waals surface area contributed by atoms with Crippen molar-refractivity contribution in [3.05, 3.63) is 12.2 Å². The van der Waals surface area contributed by atoms with Gasteiger partial charge in [0.1, 0.15) is 6.10 Å². The van der Waals surface area contributed by atoms with Gasteiger partial charge in [0.15, 0.2) is 0 Å². The summed E-state index contributed by atoms with van der Waals surface area (Å²) in [5, 5.41) is 0. The highest BCUT2D eigenvalue weighted by atomic mass is 16.5. The van der Waals surface area contributed by atoms with E-state index in [0.29, 0.717) is 23.8 Å². The molecule has 0 amide bonds. The lowest BCUT2D eigenvalue weighted by molar-refractivity contribution is -0.150. The van der Waals surface area contributed by atoms with Crippen molar-refractivity contribution in [2.24, 2.45) is 28.1 Å². The molecule has 0 spiro atoms. The van der Waals surface area contributed by atoms with Crippen LogP contribution in [0, 0.1) is 28.1 Å². The lowest BCUT2D eigenvalue weighted by Gasteiger charge is -2.45. The summed E-state index contributed by atoms with van der Waals surface area (Å²) in [4.78, 5) is 12.5. The third kappa shape index (κ3) is 6.61. The van der Waals surface area contributed by atoms with Gasteiger partial charge in [-0.25, -0.2) is 4.79 Å². The van der Waals surface area contributed by atoms with Crippen molar-refractivity contribution in [1.29, 1.82) is 0 Å². The Hall–Kier alpha value is -0.790. The van der Waals surface area contributed by atoms with Crippen LogP contribution in [-0.2, 0) is 9.53 Å². The molecule has 2 nitrogen and oxygen atoms in total. The van der Waals surface area contributed by atoms with Gasteiger partial charge < -0.3 is 4.74 Å². The molecule has 0 N–H and O–H groups in total. The van der Waals surface area contributed by atoms with Gasteiger partial charge in [-0.3, -0.25) is 0 Å². The first-order valence-corrected chi connectivity index (χ1v) is 9.48. The Morgan fingerprint density at radius 3 is 1.62 bits per heavy atom. The highest BCUT2D eigenvalue weighted by Crippen LogP contribution is 2.47. The van der Waals surface area contributed by atoms with Gasteiger partial charge in [0, 0.05) is 5.57 Å². The first kappa shape index (κ1) is 21.3. The summed E-state index contributed by atoms with van der Waals surface area (Å²) in [6, 6.07) is 0. The van der Waals surface area contributed by atoms with Gasteiger partial charge in [0.05, 0.1) is 0 Å². The van der Waals surface area contributed by atoms with Crippen LogP contribution in [0.2, 0.25) is 0 Å². The minimum atomic E-state index is -0.197. The number of esters is 1. The lowest BCUT2D eigenvalue weighted by Crippen LogP contribution is -2.40. The maximum Gasteiger partial charge on any atom is 0.333 e. The van der Waals surface area contributed by atoms with Gasteiger partial charge in [0.2, 0.25) is 0 Å². The first-order chi connectivity index (χ1) is 10.6. The van der Waals surface area contributed by atoms with Crippen molar-refractivity contribution < 1.29 is 9.53 Å². The third-order valence-electron chi connectivity index (χ3n) is 5.42. The molecule has 1 aliphatic rings. The monoisotopic (exact) mass is 336 g/mol. The van der Waals surface area contributed by atoms with Crippen molar-refractivity contribution >= 4 is 5.97 Å². The summed E-state index contributed by atoms with van der Waals surface area (Å²) < 4.78 is 5.91. The van der Waals surface area contributed by atoms with Crippen molar-refractivity contribution in [1.82, 2.24) is 0 Å². The van der Waals surface area contributed by atoms with E-state index in [4.69, 9.17) is 4.74 Å². The van der Waals surface area contributed by atoms with Crippen LogP contribution in [0.3, 0.4) is 0 Å². The zero-order chi connectivity index (χ0) is 18.9. The van der Waals surface area contributed by atoms with E-state index < -0.39 is 0 Å². The number of carbonyl (C=O) groups excluding carboxylic acids is 1. The van der Waals surface area contributed by atoms with E-state index in [1.54, 1.807) is 0 Å². The van der Waals surface area contributed by atoms with Crippen molar-refractivity contribution in [3.8, 4) is 0 Å². The molecule has 0 saturated heterocycles. The molecule has 0 heterocycles. The summed E-state index contributed by atoms with van der Waals surface area (Å²) >= 11 is 0. The number of hydrogen-bond acceptors (Lipinski definition) is 2. The molecule has 0 aromatic carbocycles. The van der Waals surface area contributed by atoms with Gasteiger partial charge in [0.25, 0.3) is 0 Å². The van der Waals surface area contributed by atoms with Crippen LogP contribution in [0.4, 0.5) is 0 Å². The predicted octanol–water partition coefficient (Wildman–Crippen LogP) is 6.40. The Morgan fingerprint density at radius 2 is 1.29 bits per heavy atom. The molecule has 0 aromatic rings. The van der Waals surface area contributed by atoms with Gasteiger partial charge in [-0.2, -0.15) is 0 Å². The van der Waals surface area contributed by atoms with E-state index in [-0.39, 0.29) is 28.3 Å². The van der Waals surface area contributed by atoms with Crippen LogP contribution in [0.25, 0.3) is 0 Å². The Kier molecular flexibility index (Phi) is 6.39. The largest absolute Gasteiger partial charge is 0.459 e. The molecule has 24 heavy (non-hydrogen) atoms. The van der Waals surface area contributed by atoms with E-state index in [9.17, 15) is 4.79 Å².